The van der Waals surface area contributed by atoms with Crippen molar-refractivity contribution in [2.45, 2.75) is 17.6 Å². The number of rotatable bonds is 3. The van der Waals surface area contributed by atoms with Crippen molar-refractivity contribution in [1.29, 1.82) is 0 Å². The molecule has 0 aliphatic heterocycles. The van der Waals surface area contributed by atoms with Crippen LogP contribution in [0.15, 0.2) is 65.6 Å². The molecule has 3 heteroatoms. The molecule has 0 bridgehead atoms. The molecule has 2 N–H and O–H groups in total. The molecule has 21 heavy (non-hydrogen) atoms. The van der Waals surface area contributed by atoms with Crippen LogP contribution in [0.2, 0.25) is 0 Å². The van der Waals surface area contributed by atoms with E-state index in [0.717, 1.165) is 21.4 Å². The van der Waals surface area contributed by atoms with Crippen LogP contribution in [0.1, 0.15) is 11.1 Å². The Hall–Kier alpha value is -2.13. The van der Waals surface area contributed by atoms with Crippen molar-refractivity contribution in [3.63, 3.8) is 0 Å². The number of hydrogen-bond acceptors (Lipinski definition) is 2. The molecule has 106 valence electrons. The van der Waals surface area contributed by atoms with Crippen LogP contribution in [0.4, 0.5) is 5.69 Å². The van der Waals surface area contributed by atoms with Gasteiger partial charge >= 0.3 is 0 Å². The first-order valence-electron chi connectivity index (χ1n) is 6.87. The van der Waals surface area contributed by atoms with Crippen molar-refractivity contribution in [3.05, 3.63) is 71.8 Å². The van der Waals surface area contributed by atoms with Gasteiger partial charge in [0.05, 0.1) is 16.6 Å². The van der Waals surface area contributed by atoms with Gasteiger partial charge in [-0.05, 0) is 41.0 Å². The lowest BCUT2D eigenvalue weighted by Gasteiger charge is -2.10. The lowest BCUT2D eigenvalue weighted by Crippen LogP contribution is -2.01. The van der Waals surface area contributed by atoms with E-state index in [1.54, 1.807) is 0 Å². The zero-order valence-corrected chi connectivity index (χ0v) is 12.7. The topological polar surface area (TPSA) is 43.1 Å². The van der Waals surface area contributed by atoms with Crippen LogP contribution in [-0.2, 0) is 16.6 Å². The summed E-state index contributed by atoms with van der Waals surface area (Å²) >= 11 is 0. The van der Waals surface area contributed by atoms with Gasteiger partial charge in [-0.25, -0.2) is 0 Å². The quantitative estimate of drug-likeness (QED) is 0.741. The molecule has 3 aromatic carbocycles. The summed E-state index contributed by atoms with van der Waals surface area (Å²) in [4.78, 5) is 0.822. The molecule has 2 nitrogen and oxygen atoms in total. The smallest absolute Gasteiger partial charge is 0.0577 e. The monoisotopic (exact) mass is 295 g/mol. The van der Waals surface area contributed by atoms with Gasteiger partial charge in [0.1, 0.15) is 0 Å². The van der Waals surface area contributed by atoms with Crippen molar-refractivity contribution >= 4 is 27.3 Å². The Morgan fingerprint density at radius 1 is 0.952 bits per heavy atom. The summed E-state index contributed by atoms with van der Waals surface area (Å²) in [5, 5.41) is 2.34. The van der Waals surface area contributed by atoms with Crippen LogP contribution in [-0.4, -0.2) is 4.21 Å². The second-order valence-corrected chi connectivity index (χ2v) is 6.52. The van der Waals surface area contributed by atoms with Crippen LogP contribution in [0, 0.1) is 6.92 Å². The second-order valence-electron chi connectivity index (χ2n) is 5.10. The standard InChI is InChI=1S/C18H17NOS/c1-13-17(19)10-5-11-18(13)21(20)12-15-8-4-7-14-6-2-3-9-16(14)15/h2-11H,12,19H2,1H3. The van der Waals surface area contributed by atoms with Crippen molar-refractivity contribution < 1.29 is 4.21 Å². The fourth-order valence-corrected chi connectivity index (χ4v) is 3.89. The first-order chi connectivity index (χ1) is 10.2. The molecule has 0 aromatic heterocycles. The SMILES string of the molecule is Cc1c(N)cccc1S(=O)Cc1cccc2ccccc12. The molecule has 3 aromatic rings. The number of benzene rings is 3. The molecule has 0 saturated carbocycles. The van der Waals surface area contributed by atoms with Gasteiger partial charge in [0.2, 0.25) is 0 Å². The van der Waals surface area contributed by atoms with Gasteiger partial charge in [0.15, 0.2) is 0 Å². The fourth-order valence-electron chi connectivity index (χ4n) is 2.52. The number of hydrogen-bond donors (Lipinski definition) is 1. The Balaban J connectivity index is 1.99. The molecule has 0 heterocycles. The maximum Gasteiger partial charge on any atom is 0.0577 e. The number of nitrogen functional groups attached to an aromatic ring is 1. The van der Waals surface area contributed by atoms with Crippen molar-refractivity contribution in [2.75, 3.05) is 5.73 Å². The van der Waals surface area contributed by atoms with Gasteiger partial charge in [0, 0.05) is 10.6 Å². The third-order valence-electron chi connectivity index (χ3n) is 3.74. The van der Waals surface area contributed by atoms with Crippen LogP contribution in [0.25, 0.3) is 10.8 Å². The highest BCUT2D eigenvalue weighted by Crippen LogP contribution is 2.24. The lowest BCUT2D eigenvalue weighted by atomic mass is 10.1. The molecule has 3 rings (SSSR count). The van der Waals surface area contributed by atoms with Crippen LogP contribution in [0.3, 0.4) is 0 Å². The maximum absolute atomic E-state index is 12.7. The molecule has 0 amide bonds. The van der Waals surface area contributed by atoms with E-state index in [2.05, 4.69) is 18.2 Å². The molecule has 0 aliphatic carbocycles. The van der Waals surface area contributed by atoms with Gasteiger partial charge < -0.3 is 5.73 Å². The van der Waals surface area contributed by atoms with Crippen molar-refractivity contribution in [1.82, 2.24) is 0 Å². The van der Waals surface area contributed by atoms with Gasteiger partial charge in [-0.15, -0.1) is 0 Å². The van der Waals surface area contributed by atoms with Crippen LogP contribution in [0.5, 0.6) is 0 Å². The molecular weight excluding hydrogens is 278 g/mol. The second kappa shape index (κ2) is 5.70. The molecule has 1 unspecified atom stereocenters. The lowest BCUT2D eigenvalue weighted by molar-refractivity contribution is 0.682. The third kappa shape index (κ3) is 2.69. The van der Waals surface area contributed by atoms with Crippen molar-refractivity contribution in [3.8, 4) is 0 Å². The Kier molecular flexibility index (Phi) is 3.76. The van der Waals surface area contributed by atoms with E-state index >= 15 is 0 Å². The maximum atomic E-state index is 12.7. The number of anilines is 1. The summed E-state index contributed by atoms with van der Waals surface area (Å²) in [6.07, 6.45) is 0. The first-order valence-corrected chi connectivity index (χ1v) is 8.19. The molecule has 0 saturated heterocycles. The van der Waals surface area contributed by atoms with Gasteiger partial charge in [-0.1, -0.05) is 48.5 Å². The van der Waals surface area contributed by atoms with E-state index in [1.165, 1.54) is 5.39 Å². The predicted octanol–water partition coefficient (Wildman–Crippen LogP) is 4.04. The summed E-state index contributed by atoms with van der Waals surface area (Å²) < 4.78 is 12.7. The summed E-state index contributed by atoms with van der Waals surface area (Å²) in [6.45, 7) is 1.92. The Morgan fingerprint density at radius 3 is 2.52 bits per heavy atom. The summed E-state index contributed by atoms with van der Waals surface area (Å²) in [7, 11) is -1.09. The minimum atomic E-state index is -1.09. The molecule has 0 aliphatic rings. The van der Waals surface area contributed by atoms with Gasteiger partial charge in [0.25, 0.3) is 0 Å². The highest BCUT2D eigenvalue weighted by molar-refractivity contribution is 7.84. The van der Waals surface area contributed by atoms with E-state index in [9.17, 15) is 4.21 Å². The van der Waals surface area contributed by atoms with Gasteiger partial charge in [-0.2, -0.15) is 0 Å². The van der Waals surface area contributed by atoms with Crippen molar-refractivity contribution in [2.24, 2.45) is 0 Å². The van der Waals surface area contributed by atoms with Gasteiger partial charge in [-0.3, -0.25) is 4.21 Å². The normalized spacial score (nSPS) is 12.4. The predicted molar refractivity (Wildman–Crippen MR) is 89.7 cm³/mol. The molecule has 1 atom stereocenters. The van der Waals surface area contributed by atoms with E-state index in [1.807, 2.05) is 49.4 Å². The molecule has 0 fully saturated rings. The minimum Gasteiger partial charge on any atom is -0.398 e. The Bertz CT molecular complexity index is 821. The fraction of sp³-hybridized carbons (Fsp3) is 0.111. The largest absolute Gasteiger partial charge is 0.398 e. The molecular formula is C18H17NOS. The van der Waals surface area contributed by atoms with E-state index in [0.29, 0.717) is 11.4 Å². The number of nitrogens with two attached hydrogens (primary N) is 1. The summed E-state index contributed by atoms with van der Waals surface area (Å²) in [5.74, 6) is 0.506. The van der Waals surface area contributed by atoms with E-state index in [4.69, 9.17) is 5.73 Å². The highest BCUT2D eigenvalue weighted by Gasteiger charge is 2.11. The molecule has 0 spiro atoms. The summed E-state index contributed by atoms with van der Waals surface area (Å²) in [5.41, 5.74) is 8.62. The average molecular weight is 295 g/mol. The van der Waals surface area contributed by atoms with Crippen LogP contribution < -0.4 is 5.73 Å². The zero-order chi connectivity index (χ0) is 14.8. The average Bonchev–Trinajstić information content (AvgIpc) is 2.50. The van der Waals surface area contributed by atoms with E-state index < -0.39 is 10.8 Å². The minimum absolute atomic E-state index is 0.506. The highest BCUT2D eigenvalue weighted by atomic mass is 32.2. The number of fused-ring (bicyclic) bond motifs is 1. The zero-order valence-electron chi connectivity index (χ0n) is 11.9. The van der Waals surface area contributed by atoms with E-state index in [-0.39, 0.29) is 0 Å². The summed E-state index contributed by atoms with van der Waals surface area (Å²) in [6, 6.07) is 19.9. The Morgan fingerprint density at radius 2 is 1.67 bits per heavy atom. The Labute approximate surface area is 127 Å². The first kappa shape index (κ1) is 13.8. The molecule has 0 radical (unpaired) electrons. The van der Waals surface area contributed by atoms with Crippen LogP contribution >= 0.6 is 0 Å². The third-order valence-corrected chi connectivity index (χ3v) is 5.24.